The Morgan fingerprint density at radius 3 is 2.77 bits per heavy atom. The Hall–Kier alpha value is -0.820. The van der Waals surface area contributed by atoms with Crippen LogP contribution in [0, 0.1) is 13.8 Å². The summed E-state index contributed by atoms with van der Waals surface area (Å²) >= 11 is 0. The zero-order valence-corrected chi connectivity index (χ0v) is 16.1. The summed E-state index contributed by atoms with van der Waals surface area (Å²) in [6.07, 6.45) is 3.86. The first-order chi connectivity index (χ1) is 10.2. The number of aliphatic imine (C=N–C) groups is 1. The van der Waals surface area contributed by atoms with Crippen molar-refractivity contribution in [1.82, 2.24) is 10.6 Å². The molecule has 1 aromatic carbocycles. The van der Waals surface area contributed by atoms with Crippen LogP contribution in [-0.4, -0.2) is 32.3 Å². The van der Waals surface area contributed by atoms with Crippen LogP contribution in [0.3, 0.4) is 0 Å². The maximum absolute atomic E-state index is 5.62. The zero-order chi connectivity index (χ0) is 15.1. The fraction of sp³-hybridized carbons (Fsp3) is 0.588. The quantitative estimate of drug-likeness (QED) is 0.440. The molecule has 1 atom stereocenters. The molecule has 2 rings (SSSR count). The summed E-state index contributed by atoms with van der Waals surface area (Å²) in [5.41, 5.74) is 3.93. The molecule has 0 radical (unpaired) electrons. The third kappa shape index (κ3) is 6.12. The highest BCUT2D eigenvalue weighted by molar-refractivity contribution is 14.0. The van der Waals surface area contributed by atoms with E-state index in [0.717, 1.165) is 32.1 Å². The van der Waals surface area contributed by atoms with E-state index in [9.17, 15) is 0 Å². The molecule has 0 bridgehead atoms. The summed E-state index contributed by atoms with van der Waals surface area (Å²) in [5, 5.41) is 6.73. The largest absolute Gasteiger partial charge is 0.378 e. The SMILES string of the molecule is CN=C(NCCC1CCCO1)NCc1ccc(C)cc1C.I. The van der Waals surface area contributed by atoms with Gasteiger partial charge in [0.2, 0.25) is 0 Å². The molecule has 1 aromatic rings. The fourth-order valence-electron chi connectivity index (χ4n) is 2.67. The molecule has 124 valence electrons. The van der Waals surface area contributed by atoms with E-state index >= 15 is 0 Å². The van der Waals surface area contributed by atoms with Gasteiger partial charge in [0, 0.05) is 26.7 Å². The average molecular weight is 417 g/mol. The molecular weight excluding hydrogens is 389 g/mol. The number of hydrogen-bond acceptors (Lipinski definition) is 2. The molecule has 1 heterocycles. The van der Waals surface area contributed by atoms with Gasteiger partial charge in [-0.25, -0.2) is 0 Å². The van der Waals surface area contributed by atoms with Gasteiger partial charge in [0.1, 0.15) is 0 Å². The normalized spacial score (nSPS) is 18.0. The molecule has 1 fully saturated rings. The molecule has 1 saturated heterocycles. The standard InChI is InChI=1S/C17H27N3O.HI/c1-13-6-7-15(14(2)11-13)12-20-17(18-3)19-9-8-16-5-4-10-21-16;/h6-7,11,16H,4-5,8-10,12H2,1-3H3,(H2,18,19,20);1H. The van der Waals surface area contributed by atoms with Crippen molar-refractivity contribution in [1.29, 1.82) is 0 Å². The first-order valence-corrected chi connectivity index (χ1v) is 7.81. The number of hydrogen-bond donors (Lipinski definition) is 2. The van der Waals surface area contributed by atoms with E-state index in [0.29, 0.717) is 6.10 Å². The molecule has 4 nitrogen and oxygen atoms in total. The summed E-state index contributed by atoms with van der Waals surface area (Å²) in [6, 6.07) is 6.54. The van der Waals surface area contributed by atoms with Crippen LogP contribution >= 0.6 is 24.0 Å². The van der Waals surface area contributed by atoms with Crippen molar-refractivity contribution in [3.05, 3.63) is 34.9 Å². The predicted molar refractivity (Wildman–Crippen MR) is 103 cm³/mol. The highest BCUT2D eigenvalue weighted by atomic mass is 127. The van der Waals surface area contributed by atoms with Gasteiger partial charge in [0.05, 0.1) is 6.10 Å². The van der Waals surface area contributed by atoms with Crippen LogP contribution in [0.25, 0.3) is 0 Å². The molecular formula is C17H28IN3O. The van der Waals surface area contributed by atoms with Gasteiger partial charge in [-0.1, -0.05) is 23.8 Å². The number of rotatable bonds is 5. The van der Waals surface area contributed by atoms with E-state index in [2.05, 4.69) is 47.7 Å². The van der Waals surface area contributed by atoms with Crippen LogP contribution in [0.5, 0.6) is 0 Å². The van der Waals surface area contributed by atoms with E-state index in [-0.39, 0.29) is 24.0 Å². The number of halogens is 1. The van der Waals surface area contributed by atoms with E-state index in [1.54, 1.807) is 0 Å². The van der Waals surface area contributed by atoms with Crippen molar-refractivity contribution in [3.63, 3.8) is 0 Å². The fourth-order valence-corrected chi connectivity index (χ4v) is 2.67. The van der Waals surface area contributed by atoms with Crippen molar-refractivity contribution in [2.45, 2.75) is 45.8 Å². The van der Waals surface area contributed by atoms with Gasteiger partial charge in [-0.2, -0.15) is 0 Å². The molecule has 0 aliphatic carbocycles. The van der Waals surface area contributed by atoms with Gasteiger partial charge in [-0.15, -0.1) is 24.0 Å². The number of guanidine groups is 1. The lowest BCUT2D eigenvalue weighted by Crippen LogP contribution is -2.38. The van der Waals surface area contributed by atoms with Crippen LogP contribution in [0.15, 0.2) is 23.2 Å². The van der Waals surface area contributed by atoms with E-state index in [4.69, 9.17) is 4.74 Å². The molecule has 1 aliphatic heterocycles. The van der Waals surface area contributed by atoms with Gasteiger partial charge in [-0.05, 0) is 44.2 Å². The summed E-state index contributed by atoms with van der Waals surface area (Å²) < 4.78 is 5.62. The van der Waals surface area contributed by atoms with Gasteiger partial charge in [0.25, 0.3) is 0 Å². The first-order valence-electron chi connectivity index (χ1n) is 7.81. The lowest BCUT2D eigenvalue weighted by molar-refractivity contribution is 0.105. The van der Waals surface area contributed by atoms with Crippen LogP contribution in [0.4, 0.5) is 0 Å². The highest BCUT2D eigenvalue weighted by Gasteiger charge is 2.14. The molecule has 2 N–H and O–H groups in total. The molecule has 0 saturated carbocycles. The Kier molecular flexibility index (Phi) is 8.78. The van der Waals surface area contributed by atoms with Gasteiger partial charge >= 0.3 is 0 Å². The van der Waals surface area contributed by atoms with Crippen LogP contribution < -0.4 is 10.6 Å². The summed E-state index contributed by atoms with van der Waals surface area (Å²) in [5.74, 6) is 0.855. The average Bonchev–Trinajstić information content (AvgIpc) is 2.97. The van der Waals surface area contributed by atoms with Crippen LogP contribution in [-0.2, 0) is 11.3 Å². The third-order valence-electron chi connectivity index (χ3n) is 3.95. The Morgan fingerprint density at radius 2 is 2.14 bits per heavy atom. The summed E-state index contributed by atoms with van der Waals surface area (Å²) in [7, 11) is 1.81. The minimum absolute atomic E-state index is 0. The van der Waals surface area contributed by atoms with Crippen molar-refractivity contribution in [2.24, 2.45) is 4.99 Å². The molecule has 1 unspecified atom stereocenters. The second-order valence-electron chi connectivity index (χ2n) is 5.71. The van der Waals surface area contributed by atoms with Gasteiger partial charge < -0.3 is 15.4 Å². The van der Waals surface area contributed by atoms with Crippen molar-refractivity contribution in [3.8, 4) is 0 Å². The minimum atomic E-state index is 0. The van der Waals surface area contributed by atoms with E-state index in [1.165, 1.54) is 29.5 Å². The van der Waals surface area contributed by atoms with Crippen molar-refractivity contribution >= 4 is 29.9 Å². The molecule has 5 heteroatoms. The number of ether oxygens (including phenoxy) is 1. The van der Waals surface area contributed by atoms with E-state index < -0.39 is 0 Å². The first kappa shape index (κ1) is 19.2. The lowest BCUT2D eigenvalue weighted by Gasteiger charge is -2.15. The van der Waals surface area contributed by atoms with Gasteiger partial charge in [0.15, 0.2) is 5.96 Å². The number of aryl methyl sites for hydroxylation is 2. The van der Waals surface area contributed by atoms with Crippen LogP contribution in [0.2, 0.25) is 0 Å². The lowest BCUT2D eigenvalue weighted by atomic mass is 10.1. The topological polar surface area (TPSA) is 45.7 Å². The predicted octanol–water partition coefficient (Wildman–Crippen LogP) is 3.16. The highest BCUT2D eigenvalue weighted by Crippen LogP contribution is 2.14. The van der Waals surface area contributed by atoms with Crippen LogP contribution in [0.1, 0.15) is 36.0 Å². The number of nitrogens with zero attached hydrogens (tertiary/aromatic N) is 1. The second-order valence-corrected chi connectivity index (χ2v) is 5.71. The Balaban J connectivity index is 0.00000242. The summed E-state index contributed by atoms with van der Waals surface area (Å²) in [4.78, 5) is 4.27. The van der Waals surface area contributed by atoms with Gasteiger partial charge in [-0.3, -0.25) is 4.99 Å². The maximum Gasteiger partial charge on any atom is 0.191 e. The Morgan fingerprint density at radius 1 is 1.32 bits per heavy atom. The summed E-state index contributed by atoms with van der Waals surface area (Å²) in [6.45, 7) is 6.89. The minimum Gasteiger partial charge on any atom is -0.378 e. The Labute approximate surface area is 151 Å². The van der Waals surface area contributed by atoms with Crippen molar-refractivity contribution in [2.75, 3.05) is 20.2 Å². The Bertz CT molecular complexity index is 485. The molecule has 1 aliphatic rings. The number of benzene rings is 1. The monoisotopic (exact) mass is 417 g/mol. The second kappa shape index (κ2) is 10.0. The zero-order valence-electron chi connectivity index (χ0n) is 13.8. The molecule has 0 amide bonds. The maximum atomic E-state index is 5.62. The smallest absolute Gasteiger partial charge is 0.191 e. The van der Waals surface area contributed by atoms with Crippen molar-refractivity contribution < 1.29 is 4.74 Å². The molecule has 0 aromatic heterocycles. The molecule has 0 spiro atoms. The number of nitrogens with one attached hydrogen (secondary N) is 2. The molecule has 22 heavy (non-hydrogen) atoms. The van der Waals surface area contributed by atoms with E-state index in [1.807, 2.05) is 7.05 Å². The third-order valence-corrected chi connectivity index (χ3v) is 3.95.